The monoisotopic (exact) mass is 450 g/mol. The van der Waals surface area contributed by atoms with Gasteiger partial charge in [0.15, 0.2) is 0 Å². The van der Waals surface area contributed by atoms with Crippen molar-refractivity contribution < 1.29 is 4.79 Å². The number of aryl methyl sites for hydroxylation is 1. The summed E-state index contributed by atoms with van der Waals surface area (Å²) in [4.78, 5) is 18.2. The van der Waals surface area contributed by atoms with Gasteiger partial charge >= 0.3 is 0 Å². The molecule has 0 radical (unpaired) electrons. The van der Waals surface area contributed by atoms with Gasteiger partial charge in [-0.15, -0.1) is 11.3 Å². The van der Waals surface area contributed by atoms with Gasteiger partial charge < -0.3 is 5.32 Å². The molecule has 28 heavy (non-hydrogen) atoms. The molecular formula is C23H19BrN2OS. The summed E-state index contributed by atoms with van der Waals surface area (Å²) in [6.07, 6.45) is 1.12. The van der Waals surface area contributed by atoms with Gasteiger partial charge in [-0.3, -0.25) is 4.79 Å². The third-order valence-corrected chi connectivity index (χ3v) is 6.24. The molecule has 0 atom stereocenters. The van der Waals surface area contributed by atoms with Crippen LogP contribution < -0.4 is 5.32 Å². The Kier molecular flexibility index (Phi) is 5.55. The second-order valence-electron chi connectivity index (χ2n) is 6.67. The lowest BCUT2D eigenvalue weighted by Crippen LogP contribution is -2.14. The van der Waals surface area contributed by atoms with Gasteiger partial charge in [-0.1, -0.05) is 64.5 Å². The number of halogens is 1. The molecule has 0 unspecified atom stereocenters. The van der Waals surface area contributed by atoms with Gasteiger partial charge in [0, 0.05) is 21.5 Å². The minimum absolute atomic E-state index is 0.0263. The van der Waals surface area contributed by atoms with Crippen LogP contribution in [0.3, 0.4) is 0 Å². The maximum absolute atomic E-state index is 12.4. The number of aromatic nitrogens is 1. The lowest BCUT2D eigenvalue weighted by Gasteiger charge is -2.05. The number of hydrogen-bond donors (Lipinski definition) is 1. The summed E-state index contributed by atoms with van der Waals surface area (Å²) >= 11 is 5.05. The number of nitrogens with zero attached hydrogens (tertiary/aromatic N) is 1. The minimum atomic E-state index is -0.0263. The lowest BCUT2D eigenvalue weighted by atomic mass is 10.0. The van der Waals surface area contributed by atoms with Crippen molar-refractivity contribution >= 4 is 49.6 Å². The van der Waals surface area contributed by atoms with Crippen molar-refractivity contribution in [2.75, 3.05) is 5.32 Å². The Morgan fingerprint density at radius 3 is 2.71 bits per heavy atom. The van der Waals surface area contributed by atoms with E-state index < -0.39 is 0 Å². The van der Waals surface area contributed by atoms with Crippen LogP contribution in [0.1, 0.15) is 21.1 Å². The number of carbonyl (C=O) groups excluding carboxylic acids is 1. The molecule has 0 aliphatic heterocycles. The highest BCUT2D eigenvalue weighted by Crippen LogP contribution is 2.26. The molecular weight excluding hydrogens is 432 g/mol. The Morgan fingerprint density at radius 1 is 1.07 bits per heavy atom. The Morgan fingerprint density at radius 2 is 1.86 bits per heavy atom. The molecule has 0 spiro atoms. The highest BCUT2D eigenvalue weighted by atomic mass is 79.9. The molecule has 3 nitrogen and oxygen atoms in total. The number of hydrogen-bond acceptors (Lipinski definition) is 3. The highest BCUT2D eigenvalue weighted by molar-refractivity contribution is 9.10. The van der Waals surface area contributed by atoms with Crippen molar-refractivity contribution in [3.63, 3.8) is 0 Å². The molecule has 3 aromatic carbocycles. The Hall–Kier alpha value is -2.50. The fraction of sp³-hybridized carbons (Fsp3) is 0.130. The first-order valence-electron chi connectivity index (χ1n) is 9.06. The molecule has 1 heterocycles. The zero-order chi connectivity index (χ0) is 19.5. The standard InChI is InChI=1S/C23H19BrN2OS/c1-15-21(14-22(27)26-19-10-5-9-18(24)13-19)28-23(25-15)12-17-8-4-7-16-6-2-3-11-20(16)17/h2-11,13H,12,14H2,1H3,(H,26,27). The van der Waals surface area contributed by atoms with Gasteiger partial charge in [0.25, 0.3) is 0 Å². The molecule has 0 saturated carbocycles. The maximum Gasteiger partial charge on any atom is 0.229 e. The number of fused-ring (bicyclic) bond motifs is 1. The first-order chi connectivity index (χ1) is 13.6. The number of benzene rings is 3. The van der Waals surface area contributed by atoms with Gasteiger partial charge in [0.1, 0.15) is 0 Å². The van der Waals surface area contributed by atoms with E-state index in [1.807, 2.05) is 31.2 Å². The number of anilines is 1. The van der Waals surface area contributed by atoms with Gasteiger partial charge in [-0.2, -0.15) is 0 Å². The molecule has 0 saturated heterocycles. The first kappa shape index (κ1) is 18.8. The summed E-state index contributed by atoms with van der Waals surface area (Å²) in [5.41, 5.74) is 2.99. The van der Waals surface area contributed by atoms with Gasteiger partial charge in [0.2, 0.25) is 5.91 Å². The zero-order valence-electron chi connectivity index (χ0n) is 15.4. The fourth-order valence-corrected chi connectivity index (χ4v) is 4.75. The van der Waals surface area contributed by atoms with Gasteiger partial charge in [-0.05, 0) is 41.5 Å². The number of amides is 1. The van der Waals surface area contributed by atoms with Crippen LogP contribution in [-0.4, -0.2) is 10.9 Å². The van der Waals surface area contributed by atoms with E-state index in [0.717, 1.165) is 32.2 Å². The van der Waals surface area contributed by atoms with Crippen LogP contribution in [0.4, 0.5) is 5.69 Å². The fourth-order valence-electron chi connectivity index (χ4n) is 3.25. The second kappa shape index (κ2) is 8.25. The molecule has 1 aromatic heterocycles. The smallest absolute Gasteiger partial charge is 0.229 e. The third-order valence-electron chi connectivity index (χ3n) is 4.59. The second-order valence-corrected chi connectivity index (χ2v) is 8.75. The van der Waals surface area contributed by atoms with Gasteiger partial charge in [-0.25, -0.2) is 4.98 Å². The normalized spacial score (nSPS) is 10.9. The topological polar surface area (TPSA) is 42.0 Å². The summed E-state index contributed by atoms with van der Waals surface area (Å²) < 4.78 is 0.941. The minimum Gasteiger partial charge on any atom is -0.326 e. The molecule has 0 fully saturated rings. The Labute approximate surface area is 176 Å². The first-order valence-corrected chi connectivity index (χ1v) is 10.7. The van der Waals surface area contributed by atoms with E-state index in [1.54, 1.807) is 11.3 Å². The van der Waals surface area contributed by atoms with E-state index in [4.69, 9.17) is 4.98 Å². The van der Waals surface area contributed by atoms with E-state index in [2.05, 4.69) is 63.7 Å². The van der Waals surface area contributed by atoms with Crippen LogP contribution in [0.15, 0.2) is 71.2 Å². The molecule has 1 N–H and O–H groups in total. The van der Waals surface area contributed by atoms with Crippen LogP contribution >= 0.6 is 27.3 Å². The van der Waals surface area contributed by atoms with Crippen LogP contribution in [0.25, 0.3) is 10.8 Å². The SMILES string of the molecule is Cc1nc(Cc2cccc3ccccc23)sc1CC(=O)Nc1cccc(Br)c1. The quantitative estimate of drug-likeness (QED) is 0.396. The average Bonchev–Trinajstić information content (AvgIpc) is 3.01. The highest BCUT2D eigenvalue weighted by Gasteiger charge is 2.13. The molecule has 0 bridgehead atoms. The van der Waals surface area contributed by atoms with Crippen LogP contribution in [0.2, 0.25) is 0 Å². The molecule has 0 aliphatic rings. The third kappa shape index (κ3) is 4.32. The number of rotatable bonds is 5. The Balaban J connectivity index is 1.49. The molecule has 4 aromatic rings. The van der Waals surface area contributed by atoms with E-state index in [-0.39, 0.29) is 5.91 Å². The number of nitrogens with one attached hydrogen (secondary N) is 1. The predicted octanol–water partition coefficient (Wildman–Crippen LogP) is 6.14. The summed E-state index contributed by atoms with van der Waals surface area (Å²) in [5, 5.41) is 6.49. The van der Waals surface area contributed by atoms with Crippen molar-refractivity contribution in [1.29, 1.82) is 0 Å². The van der Waals surface area contributed by atoms with Crippen LogP contribution in [0, 0.1) is 6.92 Å². The van der Waals surface area contributed by atoms with Crippen molar-refractivity contribution in [3.05, 3.63) is 92.3 Å². The predicted molar refractivity (Wildman–Crippen MR) is 120 cm³/mol. The molecule has 5 heteroatoms. The molecule has 1 amide bonds. The van der Waals surface area contributed by atoms with E-state index >= 15 is 0 Å². The van der Waals surface area contributed by atoms with Crippen LogP contribution in [-0.2, 0) is 17.6 Å². The maximum atomic E-state index is 12.4. The Bertz CT molecular complexity index is 1150. The van der Waals surface area contributed by atoms with Crippen molar-refractivity contribution in [1.82, 2.24) is 4.98 Å². The van der Waals surface area contributed by atoms with Crippen LogP contribution in [0.5, 0.6) is 0 Å². The van der Waals surface area contributed by atoms with Crippen molar-refractivity contribution in [3.8, 4) is 0 Å². The summed E-state index contributed by atoms with van der Waals surface area (Å²) in [6.45, 7) is 1.98. The van der Waals surface area contributed by atoms with E-state index in [1.165, 1.54) is 16.3 Å². The molecule has 4 rings (SSSR count). The molecule has 0 aliphatic carbocycles. The number of thiazole rings is 1. The summed E-state index contributed by atoms with van der Waals surface area (Å²) in [7, 11) is 0. The van der Waals surface area contributed by atoms with E-state index in [9.17, 15) is 4.79 Å². The zero-order valence-corrected chi connectivity index (χ0v) is 17.8. The lowest BCUT2D eigenvalue weighted by molar-refractivity contribution is -0.115. The van der Waals surface area contributed by atoms with Gasteiger partial charge in [0.05, 0.1) is 17.1 Å². The van der Waals surface area contributed by atoms with E-state index in [0.29, 0.717) is 6.42 Å². The average molecular weight is 451 g/mol. The van der Waals surface area contributed by atoms with Crippen molar-refractivity contribution in [2.24, 2.45) is 0 Å². The molecule has 140 valence electrons. The summed E-state index contributed by atoms with van der Waals surface area (Å²) in [5.74, 6) is -0.0263. The number of carbonyl (C=O) groups is 1. The largest absolute Gasteiger partial charge is 0.326 e. The van der Waals surface area contributed by atoms with Crippen molar-refractivity contribution in [2.45, 2.75) is 19.8 Å². The summed E-state index contributed by atoms with van der Waals surface area (Å²) in [6, 6.07) is 22.4.